The monoisotopic (exact) mass is 452 g/mol. The molecule has 0 fully saturated rings. The van der Waals surface area contributed by atoms with Gasteiger partial charge in [0.15, 0.2) is 0 Å². The number of pyridine rings is 1. The summed E-state index contributed by atoms with van der Waals surface area (Å²) >= 11 is 6.24. The molecule has 0 spiro atoms. The Labute approximate surface area is 167 Å². The quantitative estimate of drug-likeness (QED) is 0.610. The Bertz CT molecular complexity index is 1010. The summed E-state index contributed by atoms with van der Waals surface area (Å²) in [6.07, 6.45) is 1.63. The molecule has 0 aliphatic carbocycles. The number of thioether (sulfide) groups is 1. The normalized spacial score (nSPS) is 12.3. The van der Waals surface area contributed by atoms with Crippen molar-refractivity contribution in [1.82, 2.24) is 15.0 Å². The highest BCUT2D eigenvalue weighted by Crippen LogP contribution is 2.26. The highest BCUT2D eigenvalue weighted by molar-refractivity contribution is 9.10. The molecule has 1 atom stereocenters. The SMILES string of the molecule is Cc1sc2nc(CSC(C)C(=O)Nc3ccc(Br)cn3)[nH]c(=O)c2c1C. The van der Waals surface area contributed by atoms with E-state index in [0.717, 1.165) is 19.7 Å². The summed E-state index contributed by atoms with van der Waals surface area (Å²) < 4.78 is 0.849. The first kappa shape index (κ1) is 19.1. The van der Waals surface area contributed by atoms with Gasteiger partial charge in [-0.15, -0.1) is 23.1 Å². The van der Waals surface area contributed by atoms with Crippen LogP contribution < -0.4 is 10.9 Å². The van der Waals surface area contributed by atoms with Crippen LogP contribution in [-0.2, 0) is 10.5 Å². The molecule has 3 aromatic heterocycles. The van der Waals surface area contributed by atoms with Crippen LogP contribution in [0.2, 0.25) is 0 Å². The second-order valence-corrected chi connectivity index (χ2v) is 9.23. The van der Waals surface area contributed by atoms with Crippen LogP contribution in [0.1, 0.15) is 23.2 Å². The van der Waals surface area contributed by atoms with Crippen LogP contribution in [0, 0.1) is 13.8 Å². The van der Waals surface area contributed by atoms with Crippen molar-refractivity contribution in [3.63, 3.8) is 0 Å². The zero-order chi connectivity index (χ0) is 18.8. The van der Waals surface area contributed by atoms with Crippen LogP contribution in [-0.4, -0.2) is 26.1 Å². The lowest BCUT2D eigenvalue weighted by molar-refractivity contribution is -0.115. The molecule has 136 valence electrons. The fraction of sp³-hybridized carbons (Fsp3) is 0.294. The number of aromatic amines is 1. The third-order valence-electron chi connectivity index (χ3n) is 3.91. The van der Waals surface area contributed by atoms with Gasteiger partial charge < -0.3 is 10.3 Å². The van der Waals surface area contributed by atoms with E-state index in [1.54, 1.807) is 12.3 Å². The van der Waals surface area contributed by atoms with E-state index in [4.69, 9.17) is 0 Å². The number of nitrogens with one attached hydrogen (secondary N) is 2. The third-order valence-corrected chi connectivity index (χ3v) is 6.63. The topological polar surface area (TPSA) is 87.7 Å². The van der Waals surface area contributed by atoms with Gasteiger partial charge in [-0.2, -0.15) is 0 Å². The number of H-pyrrole nitrogens is 1. The number of hydrogen-bond acceptors (Lipinski definition) is 6. The molecule has 9 heteroatoms. The summed E-state index contributed by atoms with van der Waals surface area (Å²) in [5.41, 5.74) is 0.858. The van der Waals surface area contributed by atoms with Gasteiger partial charge in [-0.05, 0) is 54.4 Å². The van der Waals surface area contributed by atoms with Crippen LogP contribution >= 0.6 is 39.0 Å². The van der Waals surface area contributed by atoms with E-state index in [9.17, 15) is 9.59 Å². The number of carbonyl (C=O) groups excluding carboxylic acids is 1. The number of amides is 1. The second-order valence-electron chi connectivity index (χ2n) is 5.78. The molecule has 0 radical (unpaired) electrons. The van der Waals surface area contributed by atoms with E-state index in [1.807, 2.05) is 26.8 Å². The molecule has 3 heterocycles. The third kappa shape index (κ3) is 4.16. The lowest BCUT2D eigenvalue weighted by Gasteiger charge is -2.11. The first-order valence-electron chi connectivity index (χ1n) is 7.88. The van der Waals surface area contributed by atoms with Gasteiger partial charge >= 0.3 is 0 Å². The van der Waals surface area contributed by atoms with Crippen molar-refractivity contribution in [3.05, 3.63) is 49.4 Å². The summed E-state index contributed by atoms with van der Waals surface area (Å²) in [5.74, 6) is 1.39. The number of halogens is 1. The van der Waals surface area contributed by atoms with E-state index in [1.165, 1.54) is 23.1 Å². The van der Waals surface area contributed by atoms with E-state index in [2.05, 4.69) is 36.2 Å². The van der Waals surface area contributed by atoms with E-state index < -0.39 is 0 Å². The smallest absolute Gasteiger partial charge is 0.259 e. The minimum atomic E-state index is -0.312. The molecule has 0 saturated carbocycles. The van der Waals surface area contributed by atoms with Gasteiger partial charge in [0.1, 0.15) is 16.5 Å². The Hall–Kier alpha value is -1.71. The highest BCUT2D eigenvalue weighted by Gasteiger charge is 2.16. The van der Waals surface area contributed by atoms with Gasteiger partial charge in [0.25, 0.3) is 5.56 Å². The molecule has 0 aliphatic heterocycles. The number of anilines is 1. The minimum absolute atomic E-state index is 0.122. The maximum absolute atomic E-state index is 12.3. The van der Waals surface area contributed by atoms with Gasteiger partial charge in [0.05, 0.1) is 16.4 Å². The van der Waals surface area contributed by atoms with Crippen molar-refractivity contribution in [2.24, 2.45) is 0 Å². The maximum Gasteiger partial charge on any atom is 0.259 e. The number of aryl methyl sites for hydroxylation is 2. The molecule has 1 amide bonds. The van der Waals surface area contributed by atoms with Crippen LogP contribution in [0.15, 0.2) is 27.6 Å². The molecule has 0 saturated heterocycles. The van der Waals surface area contributed by atoms with Gasteiger partial charge in [0.2, 0.25) is 5.91 Å². The van der Waals surface area contributed by atoms with E-state index >= 15 is 0 Å². The molecule has 3 rings (SSSR count). The predicted molar refractivity (Wildman–Crippen MR) is 111 cm³/mol. The molecule has 6 nitrogen and oxygen atoms in total. The molecule has 2 N–H and O–H groups in total. The van der Waals surface area contributed by atoms with Crippen molar-refractivity contribution in [2.45, 2.75) is 31.8 Å². The summed E-state index contributed by atoms with van der Waals surface area (Å²) in [6.45, 7) is 5.73. The lowest BCUT2D eigenvalue weighted by Crippen LogP contribution is -2.23. The van der Waals surface area contributed by atoms with Crippen molar-refractivity contribution in [1.29, 1.82) is 0 Å². The highest BCUT2D eigenvalue weighted by atomic mass is 79.9. The Morgan fingerprint density at radius 3 is 2.88 bits per heavy atom. The Morgan fingerprint density at radius 1 is 1.42 bits per heavy atom. The molecule has 0 bridgehead atoms. The Balaban J connectivity index is 1.66. The van der Waals surface area contributed by atoms with E-state index in [0.29, 0.717) is 22.8 Å². The molecular weight excluding hydrogens is 436 g/mol. The van der Waals surface area contributed by atoms with Crippen LogP contribution in [0.4, 0.5) is 5.82 Å². The Morgan fingerprint density at radius 2 is 2.19 bits per heavy atom. The first-order chi connectivity index (χ1) is 12.3. The lowest BCUT2D eigenvalue weighted by atomic mass is 10.2. The molecule has 1 unspecified atom stereocenters. The van der Waals surface area contributed by atoms with E-state index in [-0.39, 0.29) is 16.7 Å². The molecule has 3 aromatic rings. The number of aromatic nitrogens is 3. The number of rotatable bonds is 5. The van der Waals surface area contributed by atoms with Gasteiger partial charge in [-0.3, -0.25) is 9.59 Å². The molecule has 0 aliphatic rings. The summed E-state index contributed by atoms with van der Waals surface area (Å²) in [4.78, 5) is 37.9. The van der Waals surface area contributed by atoms with Crippen molar-refractivity contribution < 1.29 is 4.79 Å². The number of carbonyl (C=O) groups is 1. The average molecular weight is 453 g/mol. The fourth-order valence-electron chi connectivity index (χ4n) is 2.32. The summed E-state index contributed by atoms with van der Waals surface area (Å²) in [6, 6.07) is 3.54. The number of nitrogens with zero attached hydrogens (tertiary/aromatic N) is 2. The maximum atomic E-state index is 12.3. The average Bonchev–Trinajstić information content (AvgIpc) is 2.89. The van der Waals surface area contributed by atoms with Crippen LogP contribution in [0.3, 0.4) is 0 Å². The first-order valence-corrected chi connectivity index (χ1v) is 10.5. The second kappa shape index (κ2) is 7.89. The fourth-order valence-corrected chi connectivity index (χ4v) is 4.36. The van der Waals surface area contributed by atoms with Gasteiger partial charge in [0, 0.05) is 15.5 Å². The summed E-state index contributed by atoms with van der Waals surface area (Å²) in [7, 11) is 0. The molecular formula is C17H17BrN4O2S2. The molecule has 26 heavy (non-hydrogen) atoms. The number of thiophene rings is 1. The van der Waals surface area contributed by atoms with Crippen LogP contribution in [0.25, 0.3) is 10.2 Å². The number of hydrogen-bond donors (Lipinski definition) is 2. The minimum Gasteiger partial charge on any atom is -0.310 e. The standard InChI is InChI=1S/C17H17BrN4O2S2/c1-8-9(2)26-17-14(8)16(24)21-13(22-17)7-25-10(3)15(23)20-12-5-4-11(18)6-19-12/h4-6,10H,7H2,1-3H3,(H,19,20,23)(H,21,22,24). The van der Waals surface area contributed by atoms with Gasteiger partial charge in [-0.25, -0.2) is 9.97 Å². The van der Waals surface area contributed by atoms with Crippen molar-refractivity contribution in [2.75, 3.05) is 5.32 Å². The predicted octanol–water partition coefficient (Wildman–Crippen LogP) is 4.02. The number of fused-ring (bicyclic) bond motifs is 1. The zero-order valence-electron chi connectivity index (χ0n) is 14.4. The van der Waals surface area contributed by atoms with Crippen LogP contribution in [0.5, 0.6) is 0 Å². The zero-order valence-corrected chi connectivity index (χ0v) is 17.6. The summed E-state index contributed by atoms with van der Waals surface area (Å²) in [5, 5.41) is 3.12. The van der Waals surface area contributed by atoms with Gasteiger partial charge in [-0.1, -0.05) is 0 Å². The van der Waals surface area contributed by atoms with Crippen molar-refractivity contribution in [3.8, 4) is 0 Å². The molecule has 0 aromatic carbocycles. The van der Waals surface area contributed by atoms with Crippen molar-refractivity contribution >= 4 is 61.0 Å². The largest absolute Gasteiger partial charge is 0.310 e. The Kier molecular flexibility index (Phi) is 5.79.